The van der Waals surface area contributed by atoms with Crippen LogP contribution in [0, 0.1) is 29.1 Å². The number of esters is 3. The fourth-order valence-electron chi connectivity index (χ4n) is 10.3. The molecule has 5 aliphatic carbocycles. The molecule has 5 fully saturated rings. The first-order chi connectivity index (χ1) is 17.9. The molecule has 2 aliphatic heterocycles. The van der Waals surface area contributed by atoms with Crippen molar-refractivity contribution in [1.82, 2.24) is 4.90 Å². The average Bonchev–Trinajstić information content (AvgIpc) is 3.23. The van der Waals surface area contributed by atoms with E-state index in [9.17, 15) is 19.2 Å². The number of likely N-dealkylation sites (N-methyl/N-ethyl adjacent to an activating group) is 1. The lowest BCUT2D eigenvalue weighted by atomic mass is 9.47. The first-order valence-corrected chi connectivity index (χ1v) is 13.2. The largest absolute Gasteiger partial charge is 0.458 e. The van der Waals surface area contributed by atoms with Crippen molar-refractivity contribution in [1.29, 1.82) is 0 Å². The zero-order chi connectivity index (χ0) is 27.5. The van der Waals surface area contributed by atoms with E-state index in [1.807, 2.05) is 7.05 Å². The summed E-state index contributed by atoms with van der Waals surface area (Å²) in [7, 11) is 5.16. The number of rotatable bonds is 6. The molecule has 0 aromatic rings. The molecular formula is C28H35NO9. The molecule has 38 heavy (non-hydrogen) atoms. The Kier molecular flexibility index (Phi) is 5.40. The number of hydrogen-bond acceptors (Lipinski definition) is 10. The van der Waals surface area contributed by atoms with Crippen LogP contribution in [0.4, 0.5) is 0 Å². The minimum Gasteiger partial charge on any atom is -0.458 e. The van der Waals surface area contributed by atoms with E-state index in [0.29, 0.717) is 12.0 Å². The van der Waals surface area contributed by atoms with Crippen LogP contribution >= 0.6 is 0 Å². The molecule has 0 aromatic carbocycles. The van der Waals surface area contributed by atoms with Crippen LogP contribution in [0.25, 0.3) is 0 Å². The van der Waals surface area contributed by atoms with Gasteiger partial charge in [0.25, 0.3) is 0 Å². The monoisotopic (exact) mass is 529 g/mol. The molecule has 1 unspecified atom stereocenters. The predicted octanol–water partition coefficient (Wildman–Crippen LogP) is 1.22. The Balaban J connectivity index is 1.69. The van der Waals surface area contributed by atoms with Crippen molar-refractivity contribution in [2.75, 3.05) is 21.3 Å². The molecule has 0 amide bonds. The molecule has 206 valence electrons. The maximum Gasteiger partial charge on any atom is 0.303 e. The summed E-state index contributed by atoms with van der Waals surface area (Å²) >= 11 is 0. The zero-order valence-corrected chi connectivity index (χ0v) is 22.6. The SMILES string of the molecule is C=C1[C@H]2C(C=O)=C[C@]34C([C@H]([C@H](OC)[C@H]13)[C@@]1(OC(C)=O)C[C@H](OC)[C@@]3(OC(C)=O)C[C@@H]4[C@@H]1[C@H]3OC(C)=O)N2C. The maximum absolute atomic E-state index is 12.8. The number of fused-ring (bicyclic) bond motifs is 2. The summed E-state index contributed by atoms with van der Waals surface area (Å²) < 4.78 is 30.8. The Bertz CT molecular complexity index is 1180. The van der Waals surface area contributed by atoms with E-state index < -0.39 is 52.7 Å². The second-order valence-electron chi connectivity index (χ2n) is 11.9. The number of carbonyl (C=O) groups excluding carboxylic acids is 4. The molecule has 0 aromatic heterocycles. The van der Waals surface area contributed by atoms with Gasteiger partial charge in [0.05, 0.1) is 12.1 Å². The lowest BCUT2D eigenvalue weighted by molar-refractivity contribution is -0.273. The quantitative estimate of drug-likeness (QED) is 0.215. The van der Waals surface area contributed by atoms with Gasteiger partial charge in [-0.1, -0.05) is 12.7 Å². The summed E-state index contributed by atoms with van der Waals surface area (Å²) in [6.07, 6.45) is 1.51. The van der Waals surface area contributed by atoms with Crippen molar-refractivity contribution in [2.45, 2.75) is 75.2 Å². The van der Waals surface area contributed by atoms with E-state index in [-0.39, 0.29) is 42.4 Å². The van der Waals surface area contributed by atoms with Crippen LogP contribution in [0.1, 0.15) is 33.6 Å². The molecule has 10 heteroatoms. The Morgan fingerprint density at radius 1 is 1.00 bits per heavy atom. The second kappa shape index (κ2) is 7.99. The number of nitrogens with zero attached hydrogens (tertiary/aromatic N) is 1. The molecule has 10 nitrogen and oxygen atoms in total. The van der Waals surface area contributed by atoms with Gasteiger partial charge in [-0.25, -0.2) is 0 Å². The molecule has 7 bridgehead atoms. The first kappa shape index (κ1) is 25.7. The lowest BCUT2D eigenvalue weighted by Gasteiger charge is -2.65. The van der Waals surface area contributed by atoms with E-state index in [1.54, 1.807) is 7.11 Å². The van der Waals surface area contributed by atoms with Crippen LogP contribution in [-0.4, -0.2) is 92.0 Å². The summed E-state index contributed by atoms with van der Waals surface area (Å²) in [4.78, 5) is 52.5. The Morgan fingerprint density at radius 3 is 2.21 bits per heavy atom. The number of hydrogen-bond donors (Lipinski definition) is 0. The standard InChI is InChI=1S/C28H35NO9/c1-12-19-23(35-7)21-24-26(19,8-16(11-30)22(12)29(24)5)17-9-27(37-14(3)32)18(34-6)10-28(21,38-15(4)33)20(17)25(27)36-13(2)31/h8,11,17-25H,1,9-10H2,2-7H3/t17-,18+,19+,20-,21+,22+,23-,24?,25-,26-,27+,28-/m1/s1. The summed E-state index contributed by atoms with van der Waals surface area (Å²) in [5.41, 5.74) is -1.54. The highest BCUT2D eigenvalue weighted by Gasteiger charge is 2.88. The predicted molar refractivity (Wildman–Crippen MR) is 130 cm³/mol. The molecule has 4 saturated carbocycles. The van der Waals surface area contributed by atoms with Gasteiger partial charge in [-0.15, -0.1) is 0 Å². The van der Waals surface area contributed by atoms with E-state index in [1.165, 1.54) is 27.9 Å². The molecule has 1 spiro atoms. The van der Waals surface area contributed by atoms with E-state index in [4.69, 9.17) is 23.7 Å². The highest BCUT2D eigenvalue weighted by atomic mass is 16.6. The van der Waals surface area contributed by atoms with Gasteiger partial charge in [0.2, 0.25) is 0 Å². The Hall–Kier alpha value is -2.56. The Morgan fingerprint density at radius 2 is 1.66 bits per heavy atom. The number of methoxy groups -OCH3 is 2. The van der Waals surface area contributed by atoms with Gasteiger partial charge in [-0.2, -0.15) is 0 Å². The highest BCUT2D eigenvalue weighted by molar-refractivity contribution is 5.79. The van der Waals surface area contributed by atoms with Crippen molar-refractivity contribution in [3.63, 3.8) is 0 Å². The molecule has 7 rings (SSSR count). The van der Waals surface area contributed by atoms with Crippen molar-refractivity contribution in [2.24, 2.45) is 29.1 Å². The fraction of sp³-hybridized carbons (Fsp3) is 0.714. The van der Waals surface area contributed by atoms with Crippen molar-refractivity contribution < 1.29 is 42.9 Å². The highest BCUT2D eigenvalue weighted by Crippen LogP contribution is 2.79. The third-order valence-electron chi connectivity index (χ3n) is 10.7. The summed E-state index contributed by atoms with van der Waals surface area (Å²) in [5.74, 6) is -2.85. The molecular weight excluding hydrogens is 494 g/mol. The summed E-state index contributed by atoms with van der Waals surface area (Å²) in [6.45, 7) is 8.50. The topological polar surface area (TPSA) is 118 Å². The van der Waals surface area contributed by atoms with Gasteiger partial charge in [0.15, 0.2) is 11.7 Å². The van der Waals surface area contributed by atoms with Crippen LogP contribution in [-0.2, 0) is 42.9 Å². The van der Waals surface area contributed by atoms with Gasteiger partial charge < -0.3 is 23.7 Å². The summed E-state index contributed by atoms with van der Waals surface area (Å²) in [6, 6.07) is -0.430. The van der Waals surface area contributed by atoms with E-state index in [0.717, 1.165) is 11.9 Å². The normalized spacial score (nSPS) is 49.4. The third-order valence-corrected chi connectivity index (χ3v) is 10.7. The van der Waals surface area contributed by atoms with E-state index >= 15 is 0 Å². The number of ether oxygens (including phenoxy) is 5. The van der Waals surface area contributed by atoms with Crippen molar-refractivity contribution >= 4 is 24.2 Å². The maximum atomic E-state index is 12.8. The van der Waals surface area contributed by atoms with Crippen LogP contribution < -0.4 is 0 Å². The van der Waals surface area contributed by atoms with Gasteiger partial charge >= 0.3 is 17.9 Å². The van der Waals surface area contributed by atoms with Crippen molar-refractivity contribution in [3.8, 4) is 0 Å². The first-order valence-electron chi connectivity index (χ1n) is 13.2. The number of piperidine rings is 1. The van der Waals surface area contributed by atoms with Crippen LogP contribution in [0.3, 0.4) is 0 Å². The second-order valence-corrected chi connectivity index (χ2v) is 11.9. The number of carbonyl (C=O) groups is 4. The van der Waals surface area contributed by atoms with Crippen molar-refractivity contribution in [3.05, 3.63) is 23.8 Å². The lowest BCUT2D eigenvalue weighted by Crippen LogP contribution is -2.75. The molecule has 2 heterocycles. The van der Waals surface area contributed by atoms with Crippen LogP contribution in [0.5, 0.6) is 0 Å². The summed E-state index contributed by atoms with van der Waals surface area (Å²) in [5, 5.41) is 0. The fourth-order valence-corrected chi connectivity index (χ4v) is 10.3. The Labute approximate surface area is 221 Å². The van der Waals surface area contributed by atoms with Gasteiger partial charge in [-0.3, -0.25) is 24.1 Å². The zero-order valence-electron chi connectivity index (χ0n) is 22.6. The van der Waals surface area contributed by atoms with E-state index in [2.05, 4.69) is 17.6 Å². The number of aldehydes is 1. The molecule has 7 aliphatic rings. The van der Waals surface area contributed by atoms with Gasteiger partial charge in [0.1, 0.15) is 18.0 Å². The van der Waals surface area contributed by atoms with Gasteiger partial charge in [-0.05, 0) is 25.0 Å². The minimum atomic E-state index is -1.28. The van der Waals surface area contributed by atoms with Crippen LogP contribution in [0.15, 0.2) is 23.8 Å². The third kappa shape index (κ3) is 2.69. The molecule has 12 atom stereocenters. The minimum absolute atomic E-state index is 0.154. The van der Waals surface area contributed by atoms with Crippen LogP contribution in [0.2, 0.25) is 0 Å². The molecule has 1 saturated heterocycles. The smallest absolute Gasteiger partial charge is 0.303 e. The molecule has 0 radical (unpaired) electrons. The average molecular weight is 530 g/mol. The molecule has 0 N–H and O–H groups in total. The van der Waals surface area contributed by atoms with Gasteiger partial charge in [0, 0.05) is 76.2 Å².